The van der Waals surface area contributed by atoms with Crippen LogP contribution < -0.4 is 11.1 Å². The standard InChI is InChI=1S/C18H15N5O3S/c19-17(25)16(24)14(8-11-4-2-1-3-5-11)22-18(26)12-9-27-23-15(12)13-6-7-20-10-21-13/h1-7,9-10,14H,8H2,(H2,19,25)(H,22,26). The summed E-state index contributed by atoms with van der Waals surface area (Å²) in [4.78, 5) is 44.2. The lowest BCUT2D eigenvalue weighted by Crippen LogP contribution is -2.47. The SMILES string of the molecule is NC(=O)C(=O)C(Cc1ccccc1)NC(=O)c1csnc1-c1ccncn1. The van der Waals surface area contributed by atoms with Crippen LogP contribution in [0.1, 0.15) is 15.9 Å². The fraction of sp³-hybridized carbons (Fsp3) is 0.111. The van der Waals surface area contributed by atoms with E-state index < -0.39 is 23.6 Å². The van der Waals surface area contributed by atoms with Crippen molar-refractivity contribution >= 4 is 29.1 Å². The molecule has 1 unspecified atom stereocenters. The fourth-order valence-electron chi connectivity index (χ4n) is 2.48. The Morgan fingerprint density at radius 3 is 2.59 bits per heavy atom. The van der Waals surface area contributed by atoms with Crippen LogP contribution in [-0.2, 0) is 16.0 Å². The number of nitrogens with one attached hydrogen (secondary N) is 1. The van der Waals surface area contributed by atoms with Crippen LogP contribution >= 0.6 is 11.5 Å². The Balaban J connectivity index is 1.84. The number of nitrogens with zero attached hydrogens (tertiary/aromatic N) is 3. The third kappa shape index (κ3) is 4.39. The quantitative estimate of drug-likeness (QED) is 0.588. The van der Waals surface area contributed by atoms with Crippen LogP contribution in [0, 0.1) is 0 Å². The van der Waals surface area contributed by atoms with Crippen molar-refractivity contribution in [2.75, 3.05) is 0 Å². The Morgan fingerprint density at radius 1 is 1.15 bits per heavy atom. The minimum absolute atomic E-state index is 0.148. The molecule has 0 radical (unpaired) electrons. The van der Waals surface area contributed by atoms with Crippen molar-refractivity contribution in [1.82, 2.24) is 19.7 Å². The van der Waals surface area contributed by atoms with Gasteiger partial charge in [0.2, 0.25) is 5.78 Å². The van der Waals surface area contributed by atoms with Crippen LogP contribution in [0.2, 0.25) is 0 Å². The molecule has 136 valence electrons. The lowest BCUT2D eigenvalue weighted by Gasteiger charge is -2.16. The van der Waals surface area contributed by atoms with Crippen molar-refractivity contribution in [3.63, 3.8) is 0 Å². The van der Waals surface area contributed by atoms with E-state index >= 15 is 0 Å². The number of ketones is 1. The average Bonchev–Trinajstić information content (AvgIpc) is 3.18. The van der Waals surface area contributed by atoms with Gasteiger partial charge in [-0.2, -0.15) is 4.37 Å². The monoisotopic (exact) mass is 381 g/mol. The Hall–Kier alpha value is -3.46. The lowest BCUT2D eigenvalue weighted by atomic mass is 10.0. The zero-order valence-electron chi connectivity index (χ0n) is 14.0. The number of hydrogen-bond donors (Lipinski definition) is 2. The first-order valence-corrected chi connectivity index (χ1v) is 8.79. The van der Waals surface area contributed by atoms with Gasteiger partial charge in [0, 0.05) is 18.0 Å². The normalized spacial score (nSPS) is 11.6. The maximum Gasteiger partial charge on any atom is 0.287 e. The molecule has 8 nitrogen and oxygen atoms in total. The van der Waals surface area contributed by atoms with E-state index in [2.05, 4.69) is 19.7 Å². The third-order valence-corrected chi connectivity index (χ3v) is 4.42. The van der Waals surface area contributed by atoms with Gasteiger partial charge in [-0.05, 0) is 23.2 Å². The van der Waals surface area contributed by atoms with Crippen molar-refractivity contribution in [2.24, 2.45) is 5.73 Å². The lowest BCUT2D eigenvalue weighted by molar-refractivity contribution is -0.137. The zero-order chi connectivity index (χ0) is 19.2. The fourth-order valence-corrected chi connectivity index (χ4v) is 3.15. The summed E-state index contributed by atoms with van der Waals surface area (Å²) in [6, 6.07) is 9.59. The van der Waals surface area contributed by atoms with Gasteiger partial charge in [-0.15, -0.1) is 0 Å². The van der Waals surface area contributed by atoms with Crippen molar-refractivity contribution in [2.45, 2.75) is 12.5 Å². The van der Waals surface area contributed by atoms with Crippen molar-refractivity contribution < 1.29 is 14.4 Å². The second-order valence-electron chi connectivity index (χ2n) is 5.62. The van der Waals surface area contributed by atoms with E-state index in [-0.39, 0.29) is 12.0 Å². The minimum Gasteiger partial charge on any atom is -0.363 e. The minimum atomic E-state index is -1.10. The van der Waals surface area contributed by atoms with Gasteiger partial charge in [0.25, 0.3) is 11.8 Å². The Labute approximate surface area is 158 Å². The molecule has 2 amide bonds. The molecular formula is C18H15N5O3S. The molecule has 3 rings (SSSR count). The maximum absolute atomic E-state index is 12.7. The van der Waals surface area contributed by atoms with E-state index in [9.17, 15) is 14.4 Å². The van der Waals surface area contributed by atoms with Crippen LogP contribution in [0.15, 0.2) is 54.3 Å². The Morgan fingerprint density at radius 2 is 1.93 bits per heavy atom. The molecule has 2 heterocycles. The molecule has 0 fully saturated rings. The third-order valence-electron chi connectivity index (χ3n) is 3.79. The average molecular weight is 381 g/mol. The van der Waals surface area contributed by atoms with E-state index in [1.165, 1.54) is 12.5 Å². The molecule has 9 heteroatoms. The predicted molar refractivity (Wildman–Crippen MR) is 98.7 cm³/mol. The summed E-state index contributed by atoms with van der Waals surface area (Å²) < 4.78 is 4.19. The van der Waals surface area contributed by atoms with Crippen molar-refractivity contribution in [1.29, 1.82) is 0 Å². The molecule has 0 aliphatic heterocycles. The molecule has 1 atom stereocenters. The highest BCUT2D eigenvalue weighted by atomic mass is 32.1. The van der Waals surface area contributed by atoms with E-state index in [0.29, 0.717) is 11.4 Å². The number of carbonyl (C=O) groups excluding carboxylic acids is 3. The zero-order valence-corrected chi connectivity index (χ0v) is 14.8. The first-order chi connectivity index (χ1) is 13.1. The van der Waals surface area contributed by atoms with E-state index in [0.717, 1.165) is 17.1 Å². The summed E-state index contributed by atoms with van der Waals surface area (Å²) in [7, 11) is 0. The summed E-state index contributed by atoms with van der Waals surface area (Å²) in [5.41, 5.74) is 7.05. The number of Topliss-reactive ketones (excluding diaryl/α,β-unsaturated/α-hetero) is 1. The summed E-state index contributed by atoms with van der Waals surface area (Å²) in [5, 5.41) is 4.15. The number of hydrogen-bond acceptors (Lipinski definition) is 7. The number of rotatable bonds is 7. The molecule has 0 aliphatic carbocycles. The van der Waals surface area contributed by atoms with E-state index in [1.807, 2.05) is 6.07 Å². The molecule has 3 aromatic rings. The molecule has 0 aliphatic rings. The van der Waals surface area contributed by atoms with Crippen LogP contribution in [0.3, 0.4) is 0 Å². The van der Waals surface area contributed by atoms with Crippen LogP contribution in [0.25, 0.3) is 11.4 Å². The molecule has 2 aromatic heterocycles. The number of primary amides is 1. The first kappa shape index (κ1) is 18.3. The smallest absolute Gasteiger partial charge is 0.287 e. The van der Waals surface area contributed by atoms with E-state index in [4.69, 9.17) is 5.73 Å². The topological polar surface area (TPSA) is 128 Å². The number of benzene rings is 1. The molecule has 1 aromatic carbocycles. The highest BCUT2D eigenvalue weighted by Gasteiger charge is 2.27. The molecular weight excluding hydrogens is 366 g/mol. The summed E-state index contributed by atoms with van der Waals surface area (Å²) >= 11 is 1.09. The van der Waals surface area contributed by atoms with Gasteiger partial charge >= 0.3 is 0 Å². The molecule has 0 bridgehead atoms. The van der Waals surface area contributed by atoms with Gasteiger partial charge in [0.05, 0.1) is 11.3 Å². The van der Waals surface area contributed by atoms with Gasteiger partial charge < -0.3 is 11.1 Å². The molecule has 0 spiro atoms. The predicted octanol–water partition coefficient (Wildman–Crippen LogP) is 0.996. The Kier molecular flexibility index (Phi) is 5.62. The van der Waals surface area contributed by atoms with Gasteiger partial charge in [-0.1, -0.05) is 30.3 Å². The number of aromatic nitrogens is 3. The maximum atomic E-state index is 12.7. The highest BCUT2D eigenvalue weighted by molar-refractivity contribution is 7.04. The van der Waals surface area contributed by atoms with Gasteiger partial charge in [0.15, 0.2) is 0 Å². The summed E-state index contributed by atoms with van der Waals surface area (Å²) in [5.74, 6) is -2.50. The molecule has 0 saturated heterocycles. The number of carbonyl (C=O) groups is 3. The summed E-state index contributed by atoms with van der Waals surface area (Å²) in [6.45, 7) is 0. The van der Waals surface area contributed by atoms with Gasteiger partial charge in [0.1, 0.15) is 18.1 Å². The first-order valence-electron chi connectivity index (χ1n) is 7.95. The van der Waals surface area contributed by atoms with Crippen LogP contribution in [-0.4, -0.2) is 38.0 Å². The Bertz CT molecular complexity index is 959. The molecule has 0 saturated carbocycles. The highest BCUT2D eigenvalue weighted by Crippen LogP contribution is 2.21. The number of amides is 2. The second kappa shape index (κ2) is 8.28. The van der Waals surface area contributed by atoms with Crippen molar-refractivity contribution in [3.05, 3.63) is 65.4 Å². The molecule has 27 heavy (non-hydrogen) atoms. The number of nitrogens with two attached hydrogens (primary N) is 1. The second-order valence-corrected chi connectivity index (χ2v) is 6.24. The molecule has 3 N–H and O–H groups in total. The van der Waals surface area contributed by atoms with E-state index in [1.54, 1.807) is 35.7 Å². The van der Waals surface area contributed by atoms with Crippen molar-refractivity contribution in [3.8, 4) is 11.4 Å². The largest absolute Gasteiger partial charge is 0.363 e. The van der Waals surface area contributed by atoms with Crippen LogP contribution in [0.4, 0.5) is 0 Å². The van der Waals surface area contributed by atoms with Crippen LogP contribution in [0.5, 0.6) is 0 Å². The van der Waals surface area contributed by atoms with Gasteiger partial charge in [-0.25, -0.2) is 9.97 Å². The van der Waals surface area contributed by atoms with Gasteiger partial charge in [-0.3, -0.25) is 14.4 Å². The summed E-state index contributed by atoms with van der Waals surface area (Å²) in [6.07, 6.45) is 3.04.